The lowest BCUT2D eigenvalue weighted by molar-refractivity contribution is -0.143. The second kappa shape index (κ2) is 5.50. The van der Waals surface area contributed by atoms with Crippen LogP contribution in [0.4, 0.5) is 0 Å². The lowest BCUT2D eigenvalue weighted by Gasteiger charge is -2.15. The average Bonchev–Trinajstić information content (AvgIpc) is 2.11. The van der Waals surface area contributed by atoms with Crippen LogP contribution in [0.2, 0.25) is 0 Å². The molecule has 13 heavy (non-hydrogen) atoms. The van der Waals surface area contributed by atoms with Gasteiger partial charge < -0.3 is 20.8 Å². The molecule has 0 aliphatic carbocycles. The summed E-state index contributed by atoms with van der Waals surface area (Å²) >= 11 is 0. The molecule has 0 aromatic heterocycles. The first-order chi connectivity index (χ1) is 6.02. The number of carbonyl (C=O) groups excluding carboxylic acids is 1. The number of amides is 1. The Balaban J connectivity index is 4.09. The zero-order chi connectivity index (χ0) is 10.4. The summed E-state index contributed by atoms with van der Waals surface area (Å²) in [5, 5.41) is 21.9. The fourth-order valence-electron chi connectivity index (χ4n) is 0.613. The van der Waals surface area contributed by atoms with E-state index < -0.39 is 30.6 Å². The quantitative estimate of drug-likeness (QED) is 0.408. The highest BCUT2D eigenvalue weighted by molar-refractivity contribution is 5.86. The summed E-state index contributed by atoms with van der Waals surface area (Å²) in [6, 6.07) is -1.71. The zero-order valence-corrected chi connectivity index (χ0v) is 7.57. The molecule has 0 spiro atoms. The van der Waals surface area contributed by atoms with Crippen molar-refractivity contribution in [3.05, 3.63) is 0 Å². The Morgan fingerprint density at radius 3 is 2.31 bits per heavy atom. The van der Waals surface area contributed by atoms with Gasteiger partial charge in [-0.1, -0.05) is 0 Å². The Kier molecular flexibility index (Phi) is 5.01. The largest absolute Gasteiger partial charge is 0.480 e. The van der Waals surface area contributed by atoms with Crippen LogP contribution in [0.15, 0.2) is 0 Å². The van der Waals surface area contributed by atoms with E-state index in [1.807, 2.05) is 0 Å². The minimum atomic E-state index is -1.25. The van der Waals surface area contributed by atoms with Crippen LogP contribution in [0.1, 0.15) is 6.92 Å². The van der Waals surface area contributed by atoms with E-state index in [2.05, 4.69) is 10.6 Å². The van der Waals surface area contributed by atoms with E-state index in [1.54, 1.807) is 14.0 Å². The van der Waals surface area contributed by atoms with Gasteiger partial charge in [-0.3, -0.25) is 4.79 Å². The average molecular weight is 190 g/mol. The van der Waals surface area contributed by atoms with Gasteiger partial charge in [0.25, 0.3) is 0 Å². The molecule has 0 aliphatic rings. The summed E-state index contributed by atoms with van der Waals surface area (Å²) in [4.78, 5) is 21.5. The van der Waals surface area contributed by atoms with Crippen molar-refractivity contribution in [3.63, 3.8) is 0 Å². The molecule has 0 fully saturated rings. The van der Waals surface area contributed by atoms with Gasteiger partial charge in [0.1, 0.15) is 6.04 Å². The molecular weight excluding hydrogens is 176 g/mol. The summed E-state index contributed by atoms with van der Waals surface area (Å²) in [7, 11) is 1.58. The first-order valence-electron chi connectivity index (χ1n) is 3.84. The van der Waals surface area contributed by atoms with Gasteiger partial charge in [-0.2, -0.15) is 0 Å². The number of carbonyl (C=O) groups is 2. The van der Waals surface area contributed by atoms with Crippen LogP contribution in [0.25, 0.3) is 0 Å². The second-order valence-corrected chi connectivity index (χ2v) is 2.59. The number of hydrogen-bond acceptors (Lipinski definition) is 4. The van der Waals surface area contributed by atoms with Crippen molar-refractivity contribution < 1.29 is 19.8 Å². The molecular formula is C7H14N2O4. The second-order valence-electron chi connectivity index (χ2n) is 2.59. The third-order valence-corrected chi connectivity index (χ3v) is 1.62. The van der Waals surface area contributed by atoms with Crippen LogP contribution in [0.3, 0.4) is 0 Å². The minimum Gasteiger partial charge on any atom is -0.480 e. The number of aliphatic carboxylic acids is 1. The van der Waals surface area contributed by atoms with Crippen LogP contribution in [-0.2, 0) is 9.59 Å². The third-order valence-electron chi connectivity index (χ3n) is 1.62. The Labute approximate surface area is 75.9 Å². The summed E-state index contributed by atoms with van der Waals surface area (Å²) in [6.45, 7) is 0.975. The van der Waals surface area contributed by atoms with Crippen LogP contribution < -0.4 is 10.6 Å². The monoisotopic (exact) mass is 190 g/mol. The van der Waals surface area contributed by atoms with Gasteiger partial charge >= 0.3 is 5.97 Å². The zero-order valence-electron chi connectivity index (χ0n) is 7.57. The normalized spacial score (nSPS) is 14.7. The number of aliphatic hydroxyl groups is 1. The van der Waals surface area contributed by atoms with E-state index in [9.17, 15) is 9.59 Å². The number of nitrogens with one attached hydrogen (secondary N) is 2. The predicted molar refractivity (Wildman–Crippen MR) is 45.2 cm³/mol. The molecule has 6 nitrogen and oxygen atoms in total. The van der Waals surface area contributed by atoms with Crippen molar-refractivity contribution >= 4 is 11.9 Å². The van der Waals surface area contributed by atoms with E-state index in [4.69, 9.17) is 10.2 Å². The molecule has 0 heterocycles. The van der Waals surface area contributed by atoms with Gasteiger partial charge in [-0.15, -0.1) is 0 Å². The molecule has 0 aromatic carbocycles. The Hall–Kier alpha value is -1.14. The van der Waals surface area contributed by atoms with Crippen LogP contribution in [-0.4, -0.2) is 47.8 Å². The number of likely N-dealkylation sites (N-methyl/N-ethyl adjacent to an activating group) is 1. The molecule has 0 aromatic rings. The summed E-state index contributed by atoms with van der Waals surface area (Å²) in [5.74, 6) is -1.71. The first kappa shape index (κ1) is 11.9. The number of carboxylic acids is 1. The van der Waals surface area contributed by atoms with E-state index in [0.29, 0.717) is 0 Å². The highest BCUT2D eigenvalue weighted by Gasteiger charge is 2.20. The molecule has 0 rings (SSSR count). The van der Waals surface area contributed by atoms with Crippen LogP contribution in [0, 0.1) is 0 Å². The molecule has 0 radical (unpaired) electrons. The Morgan fingerprint density at radius 2 is 2.00 bits per heavy atom. The van der Waals surface area contributed by atoms with Crippen molar-refractivity contribution in [2.75, 3.05) is 13.7 Å². The van der Waals surface area contributed by atoms with E-state index in [0.717, 1.165) is 0 Å². The molecule has 76 valence electrons. The third kappa shape index (κ3) is 3.86. The standard InChI is InChI=1S/C7H14N2O4/c1-4(8-2)6(11)9-5(3-10)7(12)13/h4-5,8,10H,3H2,1-2H3,(H,9,11)(H,12,13). The maximum atomic E-state index is 11.1. The van der Waals surface area contributed by atoms with Crippen molar-refractivity contribution in [1.82, 2.24) is 10.6 Å². The van der Waals surface area contributed by atoms with E-state index in [1.165, 1.54) is 0 Å². The maximum Gasteiger partial charge on any atom is 0.328 e. The number of hydrogen-bond donors (Lipinski definition) is 4. The van der Waals surface area contributed by atoms with Gasteiger partial charge in [0.2, 0.25) is 5.91 Å². The molecule has 0 saturated heterocycles. The molecule has 1 amide bonds. The first-order valence-corrected chi connectivity index (χ1v) is 3.84. The van der Waals surface area contributed by atoms with Gasteiger partial charge in [0, 0.05) is 0 Å². The fraction of sp³-hybridized carbons (Fsp3) is 0.714. The predicted octanol–water partition coefficient (Wildman–Crippen LogP) is -1.84. The maximum absolute atomic E-state index is 11.1. The molecule has 2 unspecified atom stereocenters. The van der Waals surface area contributed by atoms with Crippen LogP contribution >= 0.6 is 0 Å². The van der Waals surface area contributed by atoms with Crippen molar-refractivity contribution in [2.45, 2.75) is 19.0 Å². The molecule has 0 saturated carbocycles. The van der Waals surface area contributed by atoms with Crippen molar-refractivity contribution in [3.8, 4) is 0 Å². The van der Waals surface area contributed by atoms with Crippen LogP contribution in [0.5, 0.6) is 0 Å². The Bertz CT molecular complexity index is 195. The van der Waals surface area contributed by atoms with Crippen molar-refractivity contribution in [1.29, 1.82) is 0 Å². The van der Waals surface area contributed by atoms with E-state index >= 15 is 0 Å². The Morgan fingerprint density at radius 1 is 1.46 bits per heavy atom. The topological polar surface area (TPSA) is 98.7 Å². The van der Waals surface area contributed by atoms with Gasteiger partial charge in [0.15, 0.2) is 0 Å². The fourth-order valence-corrected chi connectivity index (χ4v) is 0.613. The van der Waals surface area contributed by atoms with Gasteiger partial charge in [0.05, 0.1) is 12.6 Å². The molecule has 0 aliphatic heterocycles. The number of rotatable bonds is 5. The molecule has 2 atom stereocenters. The minimum absolute atomic E-state index is 0.455. The number of carboxylic acid groups (broad SMARTS) is 1. The molecule has 0 bridgehead atoms. The smallest absolute Gasteiger partial charge is 0.328 e. The summed E-state index contributed by atoms with van der Waals surface area (Å²) in [6.07, 6.45) is 0. The highest BCUT2D eigenvalue weighted by Crippen LogP contribution is 1.86. The lowest BCUT2D eigenvalue weighted by Crippen LogP contribution is -2.49. The summed E-state index contributed by atoms with van der Waals surface area (Å²) < 4.78 is 0. The number of aliphatic hydroxyl groups excluding tert-OH is 1. The molecule has 4 N–H and O–H groups in total. The lowest BCUT2D eigenvalue weighted by atomic mass is 10.2. The van der Waals surface area contributed by atoms with Crippen molar-refractivity contribution in [2.24, 2.45) is 0 Å². The van der Waals surface area contributed by atoms with Gasteiger partial charge in [-0.05, 0) is 14.0 Å². The van der Waals surface area contributed by atoms with Gasteiger partial charge in [-0.25, -0.2) is 4.79 Å². The molecule has 6 heteroatoms. The SMILES string of the molecule is CNC(C)C(=O)NC(CO)C(=O)O. The van der Waals surface area contributed by atoms with E-state index in [-0.39, 0.29) is 0 Å². The highest BCUT2D eigenvalue weighted by atomic mass is 16.4. The summed E-state index contributed by atoms with van der Waals surface area (Å²) in [5.41, 5.74) is 0.